The Labute approximate surface area is 128 Å². The van der Waals surface area contributed by atoms with Crippen molar-refractivity contribution in [2.24, 2.45) is 0 Å². The molecule has 21 heavy (non-hydrogen) atoms. The Bertz CT molecular complexity index is 447. The van der Waals surface area contributed by atoms with Crippen molar-refractivity contribution >= 4 is 11.6 Å². The molecular formula is C17H29N3O. The largest absolute Gasteiger partial charge is 0.326 e. The van der Waals surface area contributed by atoms with Crippen molar-refractivity contribution in [1.29, 1.82) is 0 Å². The normalized spacial score (nSPS) is 14.0. The highest BCUT2D eigenvalue weighted by atomic mass is 16.1. The van der Waals surface area contributed by atoms with Crippen LogP contribution in [0, 0.1) is 0 Å². The zero-order valence-electron chi connectivity index (χ0n) is 13.9. The molecule has 0 aliphatic rings. The minimum absolute atomic E-state index is 0.0389. The molecule has 0 saturated carbocycles. The molecule has 0 aliphatic heterocycles. The third kappa shape index (κ3) is 6.27. The fraction of sp³-hybridized carbons (Fsp3) is 0.588. The number of carbonyl (C=O) groups excluding carboxylic acids is 1. The number of hydrogen-bond acceptors (Lipinski definition) is 3. The monoisotopic (exact) mass is 291 g/mol. The van der Waals surface area contributed by atoms with Crippen LogP contribution in [0.15, 0.2) is 24.3 Å². The summed E-state index contributed by atoms with van der Waals surface area (Å²) in [5, 5.41) is 6.36. The lowest BCUT2D eigenvalue weighted by molar-refractivity contribution is -0.114. The molecule has 2 N–H and O–H groups in total. The smallest absolute Gasteiger partial charge is 0.221 e. The molecule has 0 fully saturated rings. The van der Waals surface area contributed by atoms with Gasteiger partial charge >= 0.3 is 0 Å². The summed E-state index contributed by atoms with van der Waals surface area (Å²) in [5.41, 5.74) is 2.04. The molecule has 1 aromatic rings. The predicted octanol–water partition coefficient (Wildman–Crippen LogP) is 3.03. The van der Waals surface area contributed by atoms with Gasteiger partial charge in [0, 0.05) is 37.8 Å². The summed E-state index contributed by atoms with van der Waals surface area (Å²) in [4.78, 5) is 13.5. The van der Waals surface area contributed by atoms with E-state index in [0.29, 0.717) is 6.04 Å². The summed E-state index contributed by atoms with van der Waals surface area (Å²) in [6.07, 6.45) is 1.17. The first-order valence-corrected chi connectivity index (χ1v) is 7.75. The third-order valence-electron chi connectivity index (χ3n) is 3.97. The summed E-state index contributed by atoms with van der Waals surface area (Å²) in [6.45, 7) is 10.1. The van der Waals surface area contributed by atoms with E-state index < -0.39 is 0 Å². The summed E-state index contributed by atoms with van der Waals surface area (Å²) in [5.74, 6) is -0.0389. The Hall–Kier alpha value is -1.39. The molecule has 2 unspecified atom stereocenters. The van der Waals surface area contributed by atoms with E-state index in [4.69, 9.17) is 0 Å². The van der Waals surface area contributed by atoms with Crippen molar-refractivity contribution in [1.82, 2.24) is 10.2 Å². The summed E-state index contributed by atoms with van der Waals surface area (Å²) in [7, 11) is 2.16. The summed E-state index contributed by atoms with van der Waals surface area (Å²) >= 11 is 0. The van der Waals surface area contributed by atoms with E-state index in [-0.39, 0.29) is 11.9 Å². The lowest BCUT2D eigenvalue weighted by Crippen LogP contribution is -2.35. The second kappa shape index (κ2) is 8.80. The molecule has 118 valence electrons. The number of nitrogens with one attached hydrogen (secondary N) is 2. The molecule has 1 aromatic carbocycles. The zero-order chi connectivity index (χ0) is 15.8. The highest BCUT2D eigenvalue weighted by Crippen LogP contribution is 2.17. The van der Waals surface area contributed by atoms with E-state index in [0.717, 1.165) is 18.8 Å². The molecule has 0 saturated heterocycles. The quantitative estimate of drug-likeness (QED) is 0.774. The topological polar surface area (TPSA) is 44.4 Å². The number of nitrogens with zero attached hydrogens (tertiary/aromatic N) is 1. The second-order valence-corrected chi connectivity index (χ2v) is 5.72. The SMILES string of the molecule is CCC(C)N(C)CCNC(C)c1cccc(NC(C)=O)c1. The minimum atomic E-state index is -0.0389. The predicted molar refractivity (Wildman–Crippen MR) is 89.5 cm³/mol. The van der Waals surface area contributed by atoms with Gasteiger partial charge in [0.2, 0.25) is 5.91 Å². The highest BCUT2D eigenvalue weighted by Gasteiger charge is 2.09. The Kier molecular flexibility index (Phi) is 7.40. The van der Waals surface area contributed by atoms with Crippen molar-refractivity contribution in [3.63, 3.8) is 0 Å². The number of carbonyl (C=O) groups is 1. The van der Waals surface area contributed by atoms with Crippen LogP contribution in [0.5, 0.6) is 0 Å². The molecule has 0 aromatic heterocycles. The van der Waals surface area contributed by atoms with Gasteiger partial charge in [0.15, 0.2) is 0 Å². The first-order valence-electron chi connectivity index (χ1n) is 7.75. The van der Waals surface area contributed by atoms with Gasteiger partial charge in [0.25, 0.3) is 0 Å². The van der Waals surface area contributed by atoms with E-state index in [1.807, 2.05) is 18.2 Å². The van der Waals surface area contributed by atoms with Crippen molar-refractivity contribution in [2.75, 3.05) is 25.5 Å². The number of amides is 1. The van der Waals surface area contributed by atoms with E-state index >= 15 is 0 Å². The number of rotatable bonds is 8. The lowest BCUT2D eigenvalue weighted by Gasteiger charge is -2.24. The van der Waals surface area contributed by atoms with Crippen molar-refractivity contribution in [3.05, 3.63) is 29.8 Å². The van der Waals surface area contributed by atoms with Crippen LogP contribution in [-0.2, 0) is 4.79 Å². The lowest BCUT2D eigenvalue weighted by atomic mass is 10.1. The molecule has 0 heterocycles. The number of hydrogen-bond donors (Lipinski definition) is 2. The minimum Gasteiger partial charge on any atom is -0.326 e. The molecule has 4 nitrogen and oxygen atoms in total. The van der Waals surface area contributed by atoms with Gasteiger partial charge in [0.05, 0.1) is 0 Å². The van der Waals surface area contributed by atoms with Crippen LogP contribution >= 0.6 is 0 Å². The van der Waals surface area contributed by atoms with Gasteiger partial charge < -0.3 is 15.5 Å². The summed E-state index contributed by atoms with van der Waals surface area (Å²) in [6, 6.07) is 8.88. The van der Waals surface area contributed by atoms with Crippen LogP contribution in [0.2, 0.25) is 0 Å². The molecule has 4 heteroatoms. The van der Waals surface area contributed by atoms with Crippen LogP contribution in [0.3, 0.4) is 0 Å². The van der Waals surface area contributed by atoms with Crippen LogP contribution < -0.4 is 10.6 Å². The number of likely N-dealkylation sites (N-methyl/N-ethyl adjacent to an activating group) is 1. The third-order valence-corrected chi connectivity index (χ3v) is 3.97. The van der Waals surface area contributed by atoms with Crippen LogP contribution in [0.25, 0.3) is 0 Å². The Morgan fingerprint density at radius 1 is 1.33 bits per heavy atom. The second-order valence-electron chi connectivity index (χ2n) is 5.72. The van der Waals surface area contributed by atoms with E-state index in [1.54, 1.807) is 0 Å². The average molecular weight is 291 g/mol. The van der Waals surface area contributed by atoms with Crippen LogP contribution in [0.1, 0.15) is 45.7 Å². The number of benzene rings is 1. The Balaban J connectivity index is 2.48. The van der Waals surface area contributed by atoms with Gasteiger partial charge in [-0.1, -0.05) is 19.1 Å². The highest BCUT2D eigenvalue weighted by molar-refractivity contribution is 5.88. The van der Waals surface area contributed by atoms with Crippen molar-refractivity contribution in [3.8, 4) is 0 Å². The maximum atomic E-state index is 11.1. The molecule has 0 bridgehead atoms. The van der Waals surface area contributed by atoms with Gasteiger partial charge in [0.1, 0.15) is 0 Å². The van der Waals surface area contributed by atoms with Crippen molar-refractivity contribution in [2.45, 2.75) is 46.2 Å². The zero-order valence-corrected chi connectivity index (χ0v) is 13.9. The van der Waals surface area contributed by atoms with Gasteiger partial charge in [-0.3, -0.25) is 4.79 Å². The molecule has 2 atom stereocenters. The van der Waals surface area contributed by atoms with Gasteiger partial charge in [-0.15, -0.1) is 0 Å². The van der Waals surface area contributed by atoms with Crippen LogP contribution in [0.4, 0.5) is 5.69 Å². The average Bonchev–Trinajstić information content (AvgIpc) is 2.45. The molecule has 0 aliphatic carbocycles. The molecule has 0 radical (unpaired) electrons. The fourth-order valence-electron chi connectivity index (χ4n) is 2.20. The first-order chi connectivity index (χ1) is 9.93. The first kappa shape index (κ1) is 17.7. The standard InChI is InChI=1S/C17H29N3O/c1-6-13(2)20(5)11-10-18-14(3)16-8-7-9-17(12-16)19-15(4)21/h7-9,12-14,18H,6,10-11H2,1-5H3,(H,19,21). The summed E-state index contributed by atoms with van der Waals surface area (Å²) < 4.78 is 0. The Morgan fingerprint density at radius 3 is 2.67 bits per heavy atom. The van der Waals surface area contributed by atoms with Crippen LogP contribution in [-0.4, -0.2) is 37.0 Å². The van der Waals surface area contributed by atoms with E-state index in [9.17, 15) is 4.79 Å². The maximum Gasteiger partial charge on any atom is 0.221 e. The van der Waals surface area contributed by atoms with Gasteiger partial charge in [-0.25, -0.2) is 0 Å². The molecule has 1 rings (SSSR count). The molecule has 0 spiro atoms. The molecule has 1 amide bonds. The van der Waals surface area contributed by atoms with Gasteiger partial charge in [-0.2, -0.15) is 0 Å². The Morgan fingerprint density at radius 2 is 2.05 bits per heavy atom. The van der Waals surface area contributed by atoms with E-state index in [2.05, 4.69) is 49.4 Å². The van der Waals surface area contributed by atoms with Gasteiger partial charge in [-0.05, 0) is 45.0 Å². The van der Waals surface area contributed by atoms with Crippen molar-refractivity contribution < 1.29 is 4.79 Å². The fourth-order valence-corrected chi connectivity index (χ4v) is 2.20. The number of anilines is 1. The maximum absolute atomic E-state index is 11.1. The van der Waals surface area contributed by atoms with E-state index in [1.165, 1.54) is 18.9 Å². The molecular weight excluding hydrogens is 262 g/mol.